The molecule has 1 heterocycles. The normalized spacial score (nSPS) is 10.4. The van der Waals surface area contributed by atoms with Gasteiger partial charge in [-0.25, -0.2) is 0 Å². The van der Waals surface area contributed by atoms with E-state index in [1.54, 1.807) is 44.6 Å². The second-order valence-electron chi connectivity index (χ2n) is 5.34. The van der Waals surface area contributed by atoms with Crippen LogP contribution in [0.4, 0.5) is 6.01 Å². The van der Waals surface area contributed by atoms with Crippen LogP contribution in [0.15, 0.2) is 46.9 Å². The fraction of sp³-hybridized carbons (Fsp3) is 0.167. The van der Waals surface area contributed by atoms with E-state index in [0.717, 1.165) is 5.56 Å². The van der Waals surface area contributed by atoms with Crippen LogP contribution >= 0.6 is 0 Å². The molecule has 2 aromatic carbocycles. The summed E-state index contributed by atoms with van der Waals surface area (Å²) in [6, 6.07) is 12.4. The first kappa shape index (κ1) is 16.5. The molecule has 128 valence electrons. The predicted octanol–water partition coefficient (Wildman–Crippen LogP) is 3.31. The largest absolute Gasteiger partial charge is 0.497 e. The van der Waals surface area contributed by atoms with Gasteiger partial charge in [-0.05, 0) is 31.2 Å². The van der Waals surface area contributed by atoms with E-state index in [1.807, 2.05) is 19.1 Å². The van der Waals surface area contributed by atoms with E-state index in [4.69, 9.17) is 13.9 Å². The van der Waals surface area contributed by atoms with Crippen molar-refractivity contribution in [3.8, 4) is 23.0 Å². The van der Waals surface area contributed by atoms with Gasteiger partial charge < -0.3 is 13.9 Å². The summed E-state index contributed by atoms with van der Waals surface area (Å²) in [5.74, 6) is 1.12. The molecule has 0 aliphatic carbocycles. The van der Waals surface area contributed by atoms with Gasteiger partial charge in [0, 0.05) is 17.2 Å². The highest BCUT2D eigenvalue weighted by molar-refractivity contribution is 6.03. The third-order valence-corrected chi connectivity index (χ3v) is 3.52. The first-order valence-electron chi connectivity index (χ1n) is 7.54. The van der Waals surface area contributed by atoms with Gasteiger partial charge in [0.2, 0.25) is 5.89 Å². The van der Waals surface area contributed by atoms with Crippen molar-refractivity contribution in [2.24, 2.45) is 0 Å². The van der Waals surface area contributed by atoms with Crippen molar-refractivity contribution in [3.63, 3.8) is 0 Å². The fourth-order valence-electron chi connectivity index (χ4n) is 2.28. The van der Waals surface area contributed by atoms with Gasteiger partial charge >= 0.3 is 6.01 Å². The number of nitrogens with zero attached hydrogens (tertiary/aromatic N) is 2. The van der Waals surface area contributed by atoms with Gasteiger partial charge in [-0.2, -0.15) is 0 Å². The van der Waals surface area contributed by atoms with E-state index < -0.39 is 0 Å². The Morgan fingerprint density at radius 1 is 1.04 bits per heavy atom. The van der Waals surface area contributed by atoms with Gasteiger partial charge in [-0.15, -0.1) is 5.10 Å². The summed E-state index contributed by atoms with van der Waals surface area (Å²) in [4.78, 5) is 12.2. The number of rotatable bonds is 5. The lowest BCUT2D eigenvalue weighted by Crippen LogP contribution is -2.12. The SMILES string of the molecule is COc1cc(OC)cc(-c2nnc(NC(=O)c3cccc(C)c3)o2)c1. The van der Waals surface area contributed by atoms with Gasteiger partial charge in [0.25, 0.3) is 5.91 Å². The van der Waals surface area contributed by atoms with Crippen molar-refractivity contribution < 1.29 is 18.7 Å². The smallest absolute Gasteiger partial charge is 0.322 e. The van der Waals surface area contributed by atoms with Crippen LogP contribution in [0.25, 0.3) is 11.5 Å². The van der Waals surface area contributed by atoms with Gasteiger partial charge in [0.15, 0.2) is 0 Å². The molecule has 0 unspecified atom stereocenters. The number of carbonyl (C=O) groups is 1. The number of aromatic nitrogens is 2. The van der Waals surface area contributed by atoms with Crippen molar-refractivity contribution in [3.05, 3.63) is 53.6 Å². The highest BCUT2D eigenvalue weighted by Gasteiger charge is 2.14. The van der Waals surface area contributed by atoms with E-state index in [-0.39, 0.29) is 17.8 Å². The number of ether oxygens (including phenoxy) is 2. The standard InChI is InChI=1S/C18H17N3O4/c1-11-5-4-6-12(7-11)16(22)19-18-21-20-17(25-18)13-8-14(23-2)10-15(9-13)24-3/h4-10H,1-3H3,(H,19,21,22). The Kier molecular flexibility index (Phi) is 4.65. The quantitative estimate of drug-likeness (QED) is 0.767. The van der Waals surface area contributed by atoms with E-state index >= 15 is 0 Å². The second kappa shape index (κ2) is 7.04. The molecule has 7 nitrogen and oxygen atoms in total. The lowest BCUT2D eigenvalue weighted by Gasteiger charge is -2.05. The van der Waals surface area contributed by atoms with Crippen molar-refractivity contribution >= 4 is 11.9 Å². The zero-order valence-electron chi connectivity index (χ0n) is 14.1. The number of carbonyl (C=O) groups excluding carboxylic acids is 1. The molecule has 0 atom stereocenters. The Balaban J connectivity index is 1.82. The number of nitrogens with one attached hydrogen (secondary N) is 1. The molecule has 25 heavy (non-hydrogen) atoms. The van der Waals surface area contributed by atoms with Crippen LogP contribution in [0.2, 0.25) is 0 Å². The van der Waals surface area contributed by atoms with Gasteiger partial charge in [0.05, 0.1) is 14.2 Å². The molecule has 0 aliphatic rings. The maximum absolute atomic E-state index is 12.2. The summed E-state index contributed by atoms with van der Waals surface area (Å²) >= 11 is 0. The molecular weight excluding hydrogens is 322 g/mol. The summed E-state index contributed by atoms with van der Waals surface area (Å²) in [5.41, 5.74) is 2.13. The second-order valence-corrected chi connectivity index (χ2v) is 5.34. The molecule has 0 bridgehead atoms. The average Bonchev–Trinajstić information content (AvgIpc) is 3.09. The molecule has 0 aliphatic heterocycles. The lowest BCUT2D eigenvalue weighted by molar-refractivity contribution is 0.102. The Bertz CT molecular complexity index is 883. The predicted molar refractivity (Wildman–Crippen MR) is 92.0 cm³/mol. The zero-order valence-corrected chi connectivity index (χ0v) is 14.1. The van der Waals surface area contributed by atoms with Crippen LogP contribution in [0.1, 0.15) is 15.9 Å². The molecule has 1 amide bonds. The maximum atomic E-state index is 12.2. The van der Waals surface area contributed by atoms with Crippen molar-refractivity contribution in [1.82, 2.24) is 10.2 Å². The van der Waals surface area contributed by atoms with Gasteiger partial charge in [-0.3, -0.25) is 10.1 Å². The molecule has 0 radical (unpaired) electrons. The number of methoxy groups -OCH3 is 2. The Hall–Kier alpha value is -3.35. The number of anilines is 1. The minimum absolute atomic E-state index is 0.0169. The molecule has 3 aromatic rings. The summed E-state index contributed by atoms with van der Waals surface area (Å²) in [7, 11) is 3.11. The zero-order chi connectivity index (χ0) is 17.8. The van der Waals surface area contributed by atoms with Crippen molar-refractivity contribution in [1.29, 1.82) is 0 Å². The number of amides is 1. The lowest BCUT2D eigenvalue weighted by atomic mass is 10.1. The molecule has 7 heteroatoms. The molecular formula is C18H17N3O4. The maximum Gasteiger partial charge on any atom is 0.322 e. The van der Waals surface area contributed by atoms with E-state index in [9.17, 15) is 4.79 Å². The van der Waals surface area contributed by atoms with E-state index in [1.165, 1.54) is 0 Å². The van der Waals surface area contributed by atoms with E-state index in [2.05, 4.69) is 15.5 Å². The van der Waals surface area contributed by atoms with Crippen LogP contribution in [0.5, 0.6) is 11.5 Å². The van der Waals surface area contributed by atoms with Gasteiger partial charge in [-0.1, -0.05) is 22.8 Å². The number of benzene rings is 2. The summed E-state index contributed by atoms with van der Waals surface area (Å²) < 4.78 is 16.0. The first-order chi connectivity index (χ1) is 12.1. The number of aryl methyl sites for hydroxylation is 1. The number of hydrogen-bond donors (Lipinski definition) is 1. The molecule has 0 fully saturated rings. The molecule has 3 rings (SSSR count). The minimum atomic E-state index is -0.317. The Morgan fingerprint density at radius 2 is 1.76 bits per heavy atom. The minimum Gasteiger partial charge on any atom is -0.497 e. The van der Waals surface area contributed by atoms with Crippen LogP contribution in [0, 0.1) is 6.92 Å². The molecule has 0 saturated heterocycles. The third kappa shape index (κ3) is 3.77. The average molecular weight is 339 g/mol. The number of hydrogen-bond acceptors (Lipinski definition) is 6. The third-order valence-electron chi connectivity index (χ3n) is 3.52. The molecule has 0 saturated carbocycles. The summed E-state index contributed by atoms with van der Waals surface area (Å²) in [6.45, 7) is 1.91. The van der Waals surface area contributed by atoms with Crippen LogP contribution < -0.4 is 14.8 Å². The molecule has 1 aromatic heterocycles. The van der Waals surface area contributed by atoms with Crippen LogP contribution in [0.3, 0.4) is 0 Å². The molecule has 0 spiro atoms. The summed E-state index contributed by atoms with van der Waals surface area (Å²) in [5, 5.41) is 10.4. The summed E-state index contributed by atoms with van der Waals surface area (Å²) in [6.07, 6.45) is 0. The Morgan fingerprint density at radius 3 is 2.40 bits per heavy atom. The van der Waals surface area contributed by atoms with Crippen LogP contribution in [-0.2, 0) is 0 Å². The Labute approximate surface area is 144 Å². The fourth-order valence-corrected chi connectivity index (χ4v) is 2.28. The molecule has 1 N–H and O–H groups in total. The van der Waals surface area contributed by atoms with E-state index in [0.29, 0.717) is 22.6 Å². The highest BCUT2D eigenvalue weighted by Crippen LogP contribution is 2.29. The topological polar surface area (TPSA) is 86.5 Å². The van der Waals surface area contributed by atoms with Crippen LogP contribution in [-0.4, -0.2) is 30.3 Å². The highest BCUT2D eigenvalue weighted by atomic mass is 16.5. The van der Waals surface area contributed by atoms with Crippen molar-refractivity contribution in [2.45, 2.75) is 6.92 Å². The van der Waals surface area contributed by atoms with Gasteiger partial charge in [0.1, 0.15) is 11.5 Å². The van der Waals surface area contributed by atoms with Crippen molar-refractivity contribution in [2.75, 3.05) is 19.5 Å². The monoisotopic (exact) mass is 339 g/mol. The first-order valence-corrected chi connectivity index (χ1v) is 7.54.